The van der Waals surface area contributed by atoms with Gasteiger partial charge >= 0.3 is 5.97 Å². The topological polar surface area (TPSA) is 40.5 Å². The number of benzene rings is 1. The van der Waals surface area contributed by atoms with Crippen molar-refractivity contribution < 1.29 is 14.3 Å². The van der Waals surface area contributed by atoms with Gasteiger partial charge in [0.05, 0.1) is 18.8 Å². The minimum atomic E-state index is -0.258. The first-order chi connectivity index (χ1) is 11.0. The number of rotatable bonds is 7. The van der Waals surface area contributed by atoms with E-state index in [9.17, 15) is 4.79 Å². The van der Waals surface area contributed by atoms with Crippen LogP contribution in [-0.2, 0) is 11.3 Å². The maximum absolute atomic E-state index is 12.4. The minimum absolute atomic E-state index is 0.258. The van der Waals surface area contributed by atoms with Crippen molar-refractivity contribution in [2.24, 2.45) is 5.92 Å². The summed E-state index contributed by atoms with van der Waals surface area (Å²) in [5, 5.41) is 0.913. The molecule has 126 valence electrons. The average molecular weight is 317 g/mol. The predicted molar refractivity (Wildman–Crippen MR) is 93.3 cm³/mol. The summed E-state index contributed by atoms with van der Waals surface area (Å²) in [5.74, 6) is 0.998. The summed E-state index contributed by atoms with van der Waals surface area (Å²) in [6.45, 7) is 12.1. The standard InChI is InChI=1S/C19H27NO3/c1-6-10-20-14(5)18(19(21)22-7-2)16-11-15(8-9-17(16)20)23-12-13(3)4/h8-9,11,13H,6-7,10,12H2,1-5H3. The molecule has 0 aliphatic heterocycles. The molecule has 0 radical (unpaired) electrons. The Balaban J connectivity index is 2.53. The summed E-state index contributed by atoms with van der Waals surface area (Å²) < 4.78 is 13.3. The van der Waals surface area contributed by atoms with Crippen LogP contribution in [0.25, 0.3) is 10.9 Å². The van der Waals surface area contributed by atoms with E-state index in [0.717, 1.165) is 35.3 Å². The average Bonchev–Trinajstić information content (AvgIpc) is 2.78. The van der Waals surface area contributed by atoms with Crippen molar-refractivity contribution in [2.75, 3.05) is 13.2 Å². The van der Waals surface area contributed by atoms with Crippen LogP contribution in [0.2, 0.25) is 0 Å². The molecule has 0 bridgehead atoms. The van der Waals surface area contributed by atoms with Gasteiger partial charge in [0, 0.05) is 23.1 Å². The lowest BCUT2D eigenvalue weighted by Gasteiger charge is -2.09. The van der Waals surface area contributed by atoms with Crippen molar-refractivity contribution in [1.29, 1.82) is 0 Å². The minimum Gasteiger partial charge on any atom is -0.493 e. The number of nitrogens with zero attached hydrogens (tertiary/aromatic N) is 1. The molecule has 0 N–H and O–H groups in total. The summed E-state index contributed by atoms with van der Waals surface area (Å²) in [5.41, 5.74) is 2.68. The summed E-state index contributed by atoms with van der Waals surface area (Å²) in [6.07, 6.45) is 1.01. The lowest BCUT2D eigenvalue weighted by atomic mass is 10.1. The number of ether oxygens (including phenoxy) is 2. The quantitative estimate of drug-likeness (QED) is 0.702. The van der Waals surface area contributed by atoms with Gasteiger partial charge in [-0.3, -0.25) is 0 Å². The first-order valence-electron chi connectivity index (χ1n) is 8.42. The molecule has 23 heavy (non-hydrogen) atoms. The van der Waals surface area contributed by atoms with Gasteiger partial charge in [-0.15, -0.1) is 0 Å². The monoisotopic (exact) mass is 317 g/mol. The molecule has 0 amide bonds. The number of esters is 1. The second-order valence-corrected chi connectivity index (χ2v) is 6.22. The fourth-order valence-corrected chi connectivity index (χ4v) is 2.79. The molecule has 4 nitrogen and oxygen atoms in total. The summed E-state index contributed by atoms with van der Waals surface area (Å²) >= 11 is 0. The van der Waals surface area contributed by atoms with Crippen LogP contribution in [0, 0.1) is 12.8 Å². The van der Waals surface area contributed by atoms with Gasteiger partial charge in [0.25, 0.3) is 0 Å². The largest absolute Gasteiger partial charge is 0.493 e. The third-order valence-electron chi connectivity index (χ3n) is 3.80. The van der Waals surface area contributed by atoms with Crippen LogP contribution in [0.3, 0.4) is 0 Å². The number of fused-ring (bicyclic) bond motifs is 1. The van der Waals surface area contributed by atoms with Gasteiger partial charge in [-0.1, -0.05) is 20.8 Å². The Morgan fingerprint density at radius 2 is 2.00 bits per heavy atom. The summed E-state index contributed by atoms with van der Waals surface area (Å²) in [4.78, 5) is 12.4. The molecule has 0 unspecified atom stereocenters. The molecule has 0 atom stereocenters. The summed E-state index contributed by atoms with van der Waals surface area (Å²) in [6, 6.07) is 5.98. The highest BCUT2D eigenvalue weighted by molar-refractivity contribution is 6.06. The van der Waals surface area contributed by atoms with Crippen LogP contribution in [0.5, 0.6) is 5.75 Å². The van der Waals surface area contributed by atoms with Gasteiger partial charge in [0.15, 0.2) is 0 Å². The van der Waals surface area contributed by atoms with E-state index in [2.05, 4.69) is 25.3 Å². The second kappa shape index (κ2) is 7.53. The van der Waals surface area contributed by atoms with Crippen LogP contribution in [-0.4, -0.2) is 23.8 Å². The smallest absolute Gasteiger partial charge is 0.340 e. The molecule has 0 fully saturated rings. The van der Waals surface area contributed by atoms with Crippen molar-refractivity contribution in [2.45, 2.75) is 47.6 Å². The van der Waals surface area contributed by atoms with E-state index in [4.69, 9.17) is 9.47 Å². The fourth-order valence-electron chi connectivity index (χ4n) is 2.79. The van der Waals surface area contributed by atoms with E-state index in [1.807, 2.05) is 32.0 Å². The van der Waals surface area contributed by atoms with Gasteiger partial charge in [-0.25, -0.2) is 4.79 Å². The molecular weight excluding hydrogens is 290 g/mol. The Kier molecular flexibility index (Phi) is 5.69. The van der Waals surface area contributed by atoms with E-state index in [0.29, 0.717) is 24.7 Å². The SMILES string of the molecule is CCCn1c(C)c(C(=O)OCC)c2cc(OCC(C)C)ccc21. The third kappa shape index (κ3) is 3.69. The lowest BCUT2D eigenvalue weighted by Crippen LogP contribution is -2.07. The number of hydrogen-bond acceptors (Lipinski definition) is 3. The van der Waals surface area contributed by atoms with Gasteiger partial charge in [0.1, 0.15) is 5.75 Å². The molecule has 2 rings (SSSR count). The van der Waals surface area contributed by atoms with Crippen LogP contribution >= 0.6 is 0 Å². The highest BCUT2D eigenvalue weighted by Gasteiger charge is 2.21. The molecule has 0 aliphatic rings. The molecule has 1 heterocycles. The number of aryl methyl sites for hydroxylation is 1. The second-order valence-electron chi connectivity index (χ2n) is 6.22. The Hall–Kier alpha value is -1.97. The first kappa shape index (κ1) is 17.4. The zero-order valence-electron chi connectivity index (χ0n) is 14.8. The molecule has 1 aromatic carbocycles. The molecule has 0 aliphatic carbocycles. The lowest BCUT2D eigenvalue weighted by molar-refractivity contribution is 0.0527. The van der Waals surface area contributed by atoms with Gasteiger partial charge < -0.3 is 14.0 Å². The number of aromatic nitrogens is 1. The Labute approximate surface area is 138 Å². The number of carbonyl (C=O) groups excluding carboxylic acids is 1. The Morgan fingerprint density at radius 1 is 1.26 bits per heavy atom. The van der Waals surface area contributed by atoms with E-state index in [1.54, 1.807) is 0 Å². The molecular formula is C19H27NO3. The zero-order valence-corrected chi connectivity index (χ0v) is 14.8. The normalized spacial score (nSPS) is 11.2. The van der Waals surface area contributed by atoms with Crippen LogP contribution in [0.4, 0.5) is 0 Å². The van der Waals surface area contributed by atoms with Gasteiger partial charge in [0.2, 0.25) is 0 Å². The Morgan fingerprint density at radius 3 is 2.61 bits per heavy atom. The Bertz CT molecular complexity index is 685. The zero-order chi connectivity index (χ0) is 17.0. The van der Waals surface area contributed by atoms with E-state index in [-0.39, 0.29) is 5.97 Å². The highest BCUT2D eigenvalue weighted by atomic mass is 16.5. The fraction of sp³-hybridized carbons (Fsp3) is 0.526. The molecule has 0 spiro atoms. The highest BCUT2D eigenvalue weighted by Crippen LogP contribution is 2.30. The maximum Gasteiger partial charge on any atom is 0.340 e. The van der Waals surface area contributed by atoms with Crippen LogP contribution in [0.1, 0.15) is 50.2 Å². The maximum atomic E-state index is 12.4. The molecule has 0 saturated heterocycles. The van der Waals surface area contributed by atoms with Crippen molar-refractivity contribution in [1.82, 2.24) is 4.57 Å². The third-order valence-corrected chi connectivity index (χ3v) is 3.80. The van der Waals surface area contributed by atoms with Gasteiger partial charge in [-0.2, -0.15) is 0 Å². The van der Waals surface area contributed by atoms with Crippen LogP contribution < -0.4 is 4.74 Å². The van der Waals surface area contributed by atoms with Gasteiger partial charge in [-0.05, 0) is 44.4 Å². The molecule has 4 heteroatoms. The molecule has 0 saturated carbocycles. The predicted octanol–water partition coefficient (Wildman–Crippen LogP) is 4.57. The van der Waals surface area contributed by atoms with E-state index in [1.165, 1.54) is 0 Å². The number of hydrogen-bond donors (Lipinski definition) is 0. The first-order valence-corrected chi connectivity index (χ1v) is 8.42. The van der Waals surface area contributed by atoms with Crippen molar-refractivity contribution >= 4 is 16.9 Å². The summed E-state index contributed by atoms with van der Waals surface area (Å²) in [7, 11) is 0. The molecule has 1 aromatic heterocycles. The van der Waals surface area contributed by atoms with Crippen LogP contribution in [0.15, 0.2) is 18.2 Å². The van der Waals surface area contributed by atoms with E-state index < -0.39 is 0 Å². The van der Waals surface area contributed by atoms with Crippen molar-refractivity contribution in [3.8, 4) is 5.75 Å². The van der Waals surface area contributed by atoms with E-state index >= 15 is 0 Å². The number of carbonyl (C=O) groups is 1. The van der Waals surface area contributed by atoms with Crippen molar-refractivity contribution in [3.63, 3.8) is 0 Å². The van der Waals surface area contributed by atoms with Crippen molar-refractivity contribution in [3.05, 3.63) is 29.5 Å². The molecule has 2 aromatic rings.